The van der Waals surface area contributed by atoms with Crippen LogP contribution in [0.2, 0.25) is 0 Å². The summed E-state index contributed by atoms with van der Waals surface area (Å²) in [6, 6.07) is 15.3. The lowest BCUT2D eigenvalue weighted by Gasteiger charge is -2.18. The SMILES string of the molecule is COc1c(C)cc(CN2C[C@@H](N)[C@H](c3ccccc3)C2)cc1C.Cl. The van der Waals surface area contributed by atoms with Gasteiger partial charge in [-0.3, -0.25) is 4.90 Å². The molecule has 0 bridgehead atoms. The van der Waals surface area contributed by atoms with Crippen molar-refractivity contribution < 1.29 is 4.74 Å². The van der Waals surface area contributed by atoms with E-state index in [4.69, 9.17) is 10.5 Å². The molecule has 1 heterocycles. The second kappa shape index (κ2) is 8.02. The van der Waals surface area contributed by atoms with Crippen LogP contribution in [-0.2, 0) is 6.54 Å². The van der Waals surface area contributed by atoms with Gasteiger partial charge in [0.2, 0.25) is 0 Å². The minimum atomic E-state index is 0. The molecule has 0 spiro atoms. The van der Waals surface area contributed by atoms with E-state index in [1.807, 2.05) is 0 Å². The zero-order valence-electron chi connectivity index (χ0n) is 14.7. The number of likely N-dealkylation sites (tertiary alicyclic amines) is 1. The van der Waals surface area contributed by atoms with Gasteiger partial charge in [0.15, 0.2) is 0 Å². The highest BCUT2D eigenvalue weighted by Crippen LogP contribution is 2.29. The maximum Gasteiger partial charge on any atom is 0.124 e. The summed E-state index contributed by atoms with van der Waals surface area (Å²) in [5, 5.41) is 0. The van der Waals surface area contributed by atoms with Crippen molar-refractivity contribution in [3.63, 3.8) is 0 Å². The lowest BCUT2D eigenvalue weighted by molar-refractivity contribution is 0.323. The van der Waals surface area contributed by atoms with E-state index >= 15 is 0 Å². The highest BCUT2D eigenvalue weighted by molar-refractivity contribution is 5.85. The summed E-state index contributed by atoms with van der Waals surface area (Å²) in [4.78, 5) is 2.46. The Labute approximate surface area is 151 Å². The van der Waals surface area contributed by atoms with Crippen LogP contribution >= 0.6 is 12.4 Å². The van der Waals surface area contributed by atoms with E-state index in [1.54, 1.807) is 7.11 Å². The van der Waals surface area contributed by atoms with Crippen molar-refractivity contribution in [1.82, 2.24) is 4.90 Å². The predicted molar refractivity (Wildman–Crippen MR) is 102 cm³/mol. The molecule has 4 heteroatoms. The van der Waals surface area contributed by atoms with Gasteiger partial charge < -0.3 is 10.5 Å². The minimum absolute atomic E-state index is 0. The number of hydrogen-bond donors (Lipinski definition) is 1. The van der Waals surface area contributed by atoms with Crippen LogP contribution in [0.1, 0.15) is 28.2 Å². The van der Waals surface area contributed by atoms with Gasteiger partial charge in [-0.1, -0.05) is 42.5 Å². The van der Waals surface area contributed by atoms with Crippen LogP contribution in [0.25, 0.3) is 0 Å². The van der Waals surface area contributed by atoms with Gasteiger partial charge in [0.25, 0.3) is 0 Å². The fourth-order valence-electron chi connectivity index (χ4n) is 3.81. The number of aryl methyl sites for hydroxylation is 2. The number of ether oxygens (including phenoxy) is 1. The van der Waals surface area contributed by atoms with Gasteiger partial charge in [-0.2, -0.15) is 0 Å². The molecule has 1 aliphatic heterocycles. The van der Waals surface area contributed by atoms with Crippen LogP contribution in [0.4, 0.5) is 0 Å². The van der Waals surface area contributed by atoms with E-state index in [9.17, 15) is 0 Å². The summed E-state index contributed by atoms with van der Waals surface area (Å²) < 4.78 is 5.46. The van der Waals surface area contributed by atoms with Gasteiger partial charge in [0.1, 0.15) is 5.75 Å². The standard InChI is InChI=1S/C20H26N2O.ClH/c1-14-9-16(10-15(2)20(14)23-3)11-22-12-18(19(21)13-22)17-7-5-4-6-8-17;/h4-10,18-19H,11-13,21H2,1-3H3;1H/t18-,19+;/m0./s1. The van der Waals surface area contributed by atoms with E-state index in [0.29, 0.717) is 5.92 Å². The average molecular weight is 347 g/mol. The minimum Gasteiger partial charge on any atom is -0.496 e. The Morgan fingerprint density at radius 3 is 2.29 bits per heavy atom. The van der Waals surface area contributed by atoms with Crippen molar-refractivity contribution in [3.05, 3.63) is 64.7 Å². The molecule has 24 heavy (non-hydrogen) atoms. The fourth-order valence-corrected chi connectivity index (χ4v) is 3.81. The number of rotatable bonds is 4. The molecule has 1 saturated heterocycles. The Bertz CT molecular complexity index is 652. The van der Waals surface area contributed by atoms with Gasteiger partial charge >= 0.3 is 0 Å². The molecule has 0 radical (unpaired) electrons. The predicted octanol–water partition coefficient (Wildman–Crippen LogP) is 3.66. The van der Waals surface area contributed by atoms with Gasteiger partial charge in [-0.05, 0) is 36.1 Å². The van der Waals surface area contributed by atoms with Crippen LogP contribution in [0, 0.1) is 13.8 Å². The maximum absolute atomic E-state index is 6.40. The molecule has 2 aromatic carbocycles. The van der Waals surface area contributed by atoms with Crippen molar-refractivity contribution >= 4 is 12.4 Å². The summed E-state index contributed by atoms with van der Waals surface area (Å²) in [7, 11) is 1.74. The first-order valence-electron chi connectivity index (χ1n) is 8.25. The fraction of sp³-hybridized carbons (Fsp3) is 0.400. The zero-order chi connectivity index (χ0) is 16.4. The zero-order valence-corrected chi connectivity index (χ0v) is 15.5. The molecule has 1 aliphatic rings. The molecular weight excluding hydrogens is 320 g/mol. The number of nitrogens with zero attached hydrogens (tertiary/aromatic N) is 1. The van der Waals surface area contributed by atoms with Crippen molar-refractivity contribution in [2.75, 3.05) is 20.2 Å². The molecule has 130 valence electrons. The summed E-state index contributed by atoms with van der Waals surface area (Å²) >= 11 is 0. The quantitative estimate of drug-likeness (QED) is 0.918. The third-order valence-corrected chi connectivity index (χ3v) is 4.80. The normalized spacial score (nSPS) is 20.7. The number of halogens is 1. The first-order chi connectivity index (χ1) is 11.1. The maximum atomic E-state index is 6.40. The smallest absolute Gasteiger partial charge is 0.124 e. The van der Waals surface area contributed by atoms with Gasteiger partial charge in [-0.25, -0.2) is 0 Å². The van der Waals surface area contributed by atoms with Gasteiger partial charge in [0, 0.05) is 31.6 Å². The van der Waals surface area contributed by atoms with Crippen molar-refractivity contribution in [3.8, 4) is 5.75 Å². The molecule has 0 aromatic heterocycles. The van der Waals surface area contributed by atoms with E-state index < -0.39 is 0 Å². The topological polar surface area (TPSA) is 38.5 Å². The largest absolute Gasteiger partial charge is 0.496 e. The van der Waals surface area contributed by atoms with Crippen molar-refractivity contribution in [2.45, 2.75) is 32.4 Å². The Balaban J connectivity index is 0.00000208. The monoisotopic (exact) mass is 346 g/mol. The second-order valence-corrected chi connectivity index (χ2v) is 6.64. The molecule has 0 saturated carbocycles. The molecule has 1 fully saturated rings. The molecule has 2 aromatic rings. The van der Waals surface area contributed by atoms with Gasteiger partial charge in [0.05, 0.1) is 7.11 Å². The summed E-state index contributed by atoms with van der Waals surface area (Å²) in [6.07, 6.45) is 0. The average Bonchev–Trinajstić information content (AvgIpc) is 2.88. The Kier molecular flexibility index (Phi) is 6.27. The van der Waals surface area contributed by atoms with E-state index in [2.05, 4.69) is 61.2 Å². The molecule has 3 nitrogen and oxygen atoms in total. The highest BCUT2D eigenvalue weighted by Gasteiger charge is 2.31. The van der Waals surface area contributed by atoms with Crippen molar-refractivity contribution in [2.24, 2.45) is 5.73 Å². The second-order valence-electron chi connectivity index (χ2n) is 6.64. The first-order valence-corrected chi connectivity index (χ1v) is 8.25. The summed E-state index contributed by atoms with van der Waals surface area (Å²) in [5.74, 6) is 1.42. The lowest BCUT2D eigenvalue weighted by atomic mass is 9.95. The number of benzene rings is 2. The highest BCUT2D eigenvalue weighted by atomic mass is 35.5. The number of hydrogen-bond acceptors (Lipinski definition) is 3. The molecule has 0 amide bonds. The lowest BCUT2D eigenvalue weighted by Crippen LogP contribution is -2.28. The van der Waals surface area contributed by atoms with E-state index in [1.165, 1.54) is 22.3 Å². The third-order valence-electron chi connectivity index (χ3n) is 4.80. The molecular formula is C20H27ClN2O. The Hall–Kier alpha value is -1.55. The van der Waals surface area contributed by atoms with Crippen LogP contribution in [-0.4, -0.2) is 31.1 Å². The molecule has 0 aliphatic carbocycles. The summed E-state index contributed by atoms with van der Waals surface area (Å²) in [6.45, 7) is 7.14. The van der Waals surface area contributed by atoms with E-state index in [-0.39, 0.29) is 18.4 Å². The van der Waals surface area contributed by atoms with Crippen LogP contribution in [0.15, 0.2) is 42.5 Å². The first kappa shape index (κ1) is 18.8. The number of methoxy groups -OCH3 is 1. The van der Waals surface area contributed by atoms with Gasteiger partial charge in [-0.15, -0.1) is 12.4 Å². The Morgan fingerprint density at radius 2 is 1.71 bits per heavy atom. The van der Waals surface area contributed by atoms with Crippen LogP contribution in [0.3, 0.4) is 0 Å². The molecule has 2 N–H and O–H groups in total. The summed E-state index contributed by atoms with van der Waals surface area (Å²) in [5.41, 5.74) is 11.5. The molecule has 0 unspecified atom stereocenters. The van der Waals surface area contributed by atoms with Crippen LogP contribution in [0.5, 0.6) is 5.75 Å². The Morgan fingerprint density at radius 1 is 1.08 bits per heavy atom. The third kappa shape index (κ3) is 3.92. The van der Waals surface area contributed by atoms with E-state index in [0.717, 1.165) is 25.4 Å². The number of nitrogens with two attached hydrogens (primary N) is 1. The molecule has 3 rings (SSSR count). The molecule has 2 atom stereocenters. The van der Waals surface area contributed by atoms with Crippen molar-refractivity contribution in [1.29, 1.82) is 0 Å². The van der Waals surface area contributed by atoms with Crippen LogP contribution < -0.4 is 10.5 Å².